The quantitative estimate of drug-likeness (QED) is 0.512. The van der Waals surface area contributed by atoms with Crippen LogP contribution in [-0.2, 0) is 4.74 Å². The number of ether oxygens (including phenoxy) is 1. The molecule has 4 heteroatoms. The van der Waals surface area contributed by atoms with Crippen LogP contribution in [0.1, 0.15) is 10.4 Å². The number of nitrogen functional groups attached to an aromatic ring is 1. The predicted octanol–water partition coefficient (Wildman–Crippen LogP) is 3.33. The van der Waals surface area contributed by atoms with Crippen LogP contribution >= 0.6 is 22.6 Å². The van der Waals surface area contributed by atoms with E-state index in [0.717, 1.165) is 20.4 Å². The van der Waals surface area contributed by atoms with Crippen LogP contribution in [0.4, 0.5) is 5.69 Å². The minimum Gasteiger partial charge on any atom is -0.465 e. The second kappa shape index (κ2) is 5.39. The fourth-order valence-electron chi connectivity index (χ4n) is 1.62. The smallest absolute Gasteiger partial charge is 0.337 e. The van der Waals surface area contributed by atoms with E-state index >= 15 is 0 Å². The predicted molar refractivity (Wildman–Crippen MR) is 80.3 cm³/mol. The van der Waals surface area contributed by atoms with Crippen molar-refractivity contribution in [2.75, 3.05) is 12.8 Å². The van der Waals surface area contributed by atoms with Crippen LogP contribution in [0.3, 0.4) is 0 Å². The van der Waals surface area contributed by atoms with Gasteiger partial charge in [0.05, 0.1) is 12.7 Å². The third kappa shape index (κ3) is 2.64. The van der Waals surface area contributed by atoms with Crippen LogP contribution < -0.4 is 5.73 Å². The molecule has 0 saturated carbocycles. The zero-order valence-corrected chi connectivity index (χ0v) is 12.0. The second-order valence-electron chi connectivity index (χ2n) is 3.81. The summed E-state index contributed by atoms with van der Waals surface area (Å²) < 4.78 is 5.68. The number of carbonyl (C=O) groups is 1. The van der Waals surface area contributed by atoms with Gasteiger partial charge in [-0.05, 0) is 58.0 Å². The molecule has 92 valence electrons. The lowest BCUT2D eigenvalue weighted by Gasteiger charge is -2.05. The third-order valence-corrected chi connectivity index (χ3v) is 3.57. The van der Waals surface area contributed by atoms with Gasteiger partial charge < -0.3 is 10.5 Å². The molecule has 2 aromatic carbocycles. The first kappa shape index (κ1) is 12.9. The second-order valence-corrected chi connectivity index (χ2v) is 4.97. The van der Waals surface area contributed by atoms with Gasteiger partial charge in [-0.1, -0.05) is 18.2 Å². The van der Waals surface area contributed by atoms with Gasteiger partial charge in [-0.2, -0.15) is 0 Å². The van der Waals surface area contributed by atoms with Gasteiger partial charge in [0, 0.05) is 9.26 Å². The van der Waals surface area contributed by atoms with Gasteiger partial charge in [0.25, 0.3) is 0 Å². The Morgan fingerprint density at radius 3 is 2.28 bits per heavy atom. The Bertz CT molecular complexity index is 579. The minimum atomic E-state index is -0.326. The molecular formula is C14H12INO2. The number of nitrogens with two attached hydrogens (primary N) is 1. The maximum Gasteiger partial charge on any atom is 0.337 e. The number of halogens is 1. The Balaban J connectivity index is 2.34. The topological polar surface area (TPSA) is 52.3 Å². The number of methoxy groups -OCH3 is 1. The number of anilines is 1. The normalized spacial score (nSPS) is 10.1. The Morgan fingerprint density at radius 1 is 1.11 bits per heavy atom. The van der Waals surface area contributed by atoms with Crippen molar-refractivity contribution in [3.63, 3.8) is 0 Å². The summed E-state index contributed by atoms with van der Waals surface area (Å²) in [5.74, 6) is -0.326. The number of benzene rings is 2. The van der Waals surface area contributed by atoms with Crippen molar-refractivity contribution in [3.8, 4) is 11.1 Å². The summed E-state index contributed by atoms with van der Waals surface area (Å²) in [6.07, 6.45) is 0. The summed E-state index contributed by atoms with van der Waals surface area (Å²) in [6, 6.07) is 13.2. The molecule has 0 unspecified atom stereocenters. The summed E-state index contributed by atoms with van der Waals surface area (Å²) >= 11 is 2.20. The van der Waals surface area contributed by atoms with E-state index in [1.165, 1.54) is 7.11 Å². The average molecular weight is 353 g/mol. The fraction of sp³-hybridized carbons (Fsp3) is 0.0714. The highest BCUT2D eigenvalue weighted by Gasteiger charge is 2.06. The van der Waals surface area contributed by atoms with E-state index in [1.54, 1.807) is 12.1 Å². The van der Waals surface area contributed by atoms with Crippen LogP contribution in [0.2, 0.25) is 0 Å². The van der Waals surface area contributed by atoms with Crippen LogP contribution in [0.5, 0.6) is 0 Å². The third-order valence-electron chi connectivity index (χ3n) is 2.64. The van der Waals surface area contributed by atoms with Gasteiger partial charge >= 0.3 is 5.97 Å². The van der Waals surface area contributed by atoms with E-state index in [9.17, 15) is 4.79 Å². The first-order valence-corrected chi connectivity index (χ1v) is 6.43. The molecule has 0 aliphatic heterocycles. The molecule has 3 nitrogen and oxygen atoms in total. The lowest BCUT2D eigenvalue weighted by atomic mass is 10.0. The summed E-state index contributed by atoms with van der Waals surface area (Å²) in [7, 11) is 1.37. The summed E-state index contributed by atoms with van der Waals surface area (Å²) in [5, 5.41) is 0. The molecule has 0 radical (unpaired) electrons. The molecule has 0 aliphatic carbocycles. The van der Waals surface area contributed by atoms with Gasteiger partial charge in [0.1, 0.15) is 0 Å². The van der Waals surface area contributed by atoms with Gasteiger partial charge in [0.15, 0.2) is 0 Å². The molecule has 0 atom stereocenters. The molecule has 0 spiro atoms. The maximum absolute atomic E-state index is 11.3. The van der Waals surface area contributed by atoms with Gasteiger partial charge in [-0.15, -0.1) is 0 Å². The molecule has 18 heavy (non-hydrogen) atoms. The Labute approximate surface area is 119 Å². The van der Waals surface area contributed by atoms with Crippen molar-refractivity contribution in [2.24, 2.45) is 0 Å². The molecule has 0 bridgehead atoms. The number of rotatable bonds is 2. The maximum atomic E-state index is 11.3. The van der Waals surface area contributed by atoms with Crippen molar-refractivity contribution in [2.45, 2.75) is 0 Å². The van der Waals surface area contributed by atoms with Crippen LogP contribution in [0, 0.1) is 3.57 Å². The average Bonchev–Trinajstić information content (AvgIpc) is 2.41. The molecule has 0 aromatic heterocycles. The molecule has 0 heterocycles. The van der Waals surface area contributed by atoms with Gasteiger partial charge in [-0.3, -0.25) is 0 Å². The van der Waals surface area contributed by atoms with Crippen LogP contribution in [0.15, 0.2) is 42.5 Å². The molecule has 2 aromatic rings. The van der Waals surface area contributed by atoms with Crippen LogP contribution in [0.25, 0.3) is 11.1 Å². The van der Waals surface area contributed by atoms with E-state index in [2.05, 4.69) is 27.3 Å². The molecule has 0 fully saturated rings. The summed E-state index contributed by atoms with van der Waals surface area (Å²) in [4.78, 5) is 11.3. The molecule has 2 N–H and O–H groups in total. The first-order chi connectivity index (χ1) is 8.61. The number of esters is 1. The molecule has 0 amide bonds. The van der Waals surface area contributed by atoms with Crippen molar-refractivity contribution < 1.29 is 9.53 Å². The van der Waals surface area contributed by atoms with Crippen molar-refractivity contribution in [3.05, 3.63) is 51.6 Å². The molecular weight excluding hydrogens is 341 g/mol. The van der Waals surface area contributed by atoms with Crippen molar-refractivity contribution in [1.29, 1.82) is 0 Å². The van der Waals surface area contributed by atoms with Crippen molar-refractivity contribution in [1.82, 2.24) is 0 Å². The van der Waals surface area contributed by atoms with E-state index < -0.39 is 0 Å². The largest absolute Gasteiger partial charge is 0.465 e. The molecule has 2 rings (SSSR count). The lowest BCUT2D eigenvalue weighted by Crippen LogP contribution is -2.00. The Morgan fingerprint density at radius 2 is 1.72 bits per heavy atom. The summed E-state index contributed by atoms with van der Waals surface area (Å²) in [5.41, 5.74) is 9.21. The minimum absolute atomic E-state index is 0.326. The van der Waals surface area contributed by atoms with Crippen molar-refractivity contribution >= 4 is 34.2 Å². The highest BCUT2D eigenvalue weighted by molar-refractivity contribution is 14.1. The number of carbonyl (C=O) groups excluding carboxylic acids is 1. The lowest BCUT2D eigenvalue weighted by molar-refractivity contribution is 0.0601. The van der Waals surface area contributed by atoms with E-state index in [-0.39, 0.29) is 5.97 Å². The monoisotopic (exact) mass is 353 g/mol. The van der Waals surface area contributed by atoms with E-state index in [1.807, 2.05) is 30.3 Å². The Kier molecular flexibility index (Phi) is 3.86. The fourth-order valence-corrected chi connectivity index (χ4v) is 2.14. The molecule has 0 saturated heterocycles. The van der Waals surface area contributed by atoms with Crippen LogP contribution in [-0.4, -0.2) is 13.1 Å². The zero-order valence-electron chi connectivity index (χ0n) is 9.81. The standard InChI is InChI=1S/C14H12INO2/c1-18-14(17)10-4-2-9(3-5-10)11-6-7-13(16)12(15)8-11/h2-8H,16H2,1H3. The van der Waals surface area contributed by atoms with E-state index in [0.29, 0.717) is 5.56 Å². The Hall–Kier alpha value is -1.56. The summed E-state index contributed by atoms with van der Waals surface area (Å²) in [6.45, 7) is 0. The van der Waals surface area contributed by atoms with E-state index in [4.69, 9.17) is 5.73 Å². The first-order valence-electron chi connectivity index (χ1n) is 5.35. The SMILES string of the molecule is COC(=O)c1ccc(-c2ccc(N)c(I)c2)cc1. The zero-order chi connectivity index (χ0) is 13.1. The van der Waals surface area contributed by atoms with Gasteiger partial charge in [-0.25, -0.2) is 4.79 Å². The molecule has 0 aliphatic rings. The number of hydrogen-bond donors (Lipinski definition) is 1. The number of hydrogen-bond acceptors (Lipinski definition) is 3. The highest BCUT2D eigenvalue weighted by Crippen LogP contribution is 2.25. The van der Waals surface area contributed by atoms with Gasteiger partial charge in [0.2, 0.25) is 0 Å². The highest BCUT2D eigenvalue weighted by atomic mass is 127.